The summed E-state index contributed by atoms with van der Waals surface area (Å²) in [6.07, 6.45) is 13.2. The molecule has 4 aromatic carbocycles. The number of nitrogens with one attached hydrogen (secondary N) is 3. The highest BCUT2D eigenvalue weighted by Gasteiger charge is 2.33. The molecule has 2 heterocycles. The van der Waals surface area contributed by atoms with E-state index in [0.29, 0.717) is 24.7 Å². The number of rotatable bonds is 21. The number of amides is 1. The molecule has 1 amide bonds. The molecule has 10 heteroatoms. The molecule has 0 saturated carbocycles. The molecule has 0 aliphatic heterocycles. The minimum absolute atomic E-state index is 0.0703. The fraction of sp³-hybridized carbons (Fsp3) is 0.386. The first-order valence-corrected chi connectivity index (χ1v) is 23.8. The van der Waals surface area contributed by atoms with Crippen molar-refractivity contribution in [3.8, 4) is 11.1 Å². The van der Waals surface area contributed by atoms with Crippen LogP contribution in [-0.2, 0) is 36.6 Å². The molecule has 67 heavy (non-hydrogen) atoms. The van der Waals surface area contributed by atoms with E-state index in [1.165, 1.54) is 0 Å². The molecular weight excluding hydrogens is 837 g/mol. The Balaban J connectivity index is 0.000000253. The summed E-state index contributed by atoms with van der Waals surface area (Å²) in [5, 5.41) is 4.94. The zero-order chi connectivity index (χ0) is 48.1. The van der Waals surface area contributed by atoms with Crippen LogP contribution in [0.5, 0.6) is 0 Å². The third kappa shape index (κ3) is 13.6. The van der Waals surface area contributed by atoms with Crippen LogP contribution in [0.15, 0.2) is 135 Å². The Morgan fingerprint density at radius 1 is 0.672 bits per heavy atom. The number of carbonyl (C=O) groups is 3. The van der Waals surface area contributed by atoms with E-state index in [1.54, 1.807) is 0 Å². The lowest BCUT2D eigenvalue weighted by Crippen LogP contribution is -2.46. The van der Waals surface area contributed by atoms with Gasteiger partial charge in [0.2, 0.25) is 0 Å². The van der Waals surface area contributed by atoms with Gasteiger partial charge in [-0.1, -0.05) is 111 Å². The van der Waals surface area contributed by atoms with E-state index in [-0.39, 0.29) is 24.9 Å². The molecule has 354 valence electrons. The Bertz CT molecular complexity index is 2580. The third-order valence-corrected chi connectivity index (χ3v) is 12.9. The molecule has 7 rings (SSSR count). The largest absolute Gasteiger partial charge is 0.459 e. The van der Waals surface area contributed by atoms with Crippen molar-refractivity contribution in [2.45, 2.75) is 122 Å². The first kappa shape index (κ1) is 50.0. The summed E-state index contributed by atoms with van der Waals surface area (Å²) in [6, 6.07) is 30.7. The van der Waals surface area contributed by atoms with Crippen LogP contribution in [0.25, 0.3) is 32.9 Å². The number of fused-ring (bicyclic) bond motifs is 5. The van der Waals surface area contributed by atoms with Gasteiger partial charge in [0.1, 0.15) is 29.9 Å². The number of ether oxygens (including phenoxy) is 3. The van der Waals surface area contributed by atoms with Gasteiger partial charge in [0.15, 0.2) is 0 Å². The Kier molecular flexibility index (Phi) is 17.1. The Labute approximate surface area is 396 Å². The number of alkyl carbamates (subject to hydrolysis) is 1. The molecular formula is C57H70N4O6. The van der Waals surface area contributed by atoms with Gasteiger partial charge in [-0.25, -0.2) is 9.59 Å². The first-order chi connectivity index (χ1) is 32.1. The second kappa shape index (κ2) is 22.9. The zero-order valence-electron chi connectivity index (χ0n) is 40.2. The van der Waals surface area contributed by atoms with Crippen molar-refractivity contribution in [3.05, 3.63) is 157 Å². The number of hydrogen-bond acceptors (Lipinski definition) is 7. The van der Waals surface area contributed by atoms with Crippen LogP contribution >= 0.6 is 0 Å². The van der Waals surface area contributed by atoms with E-state index >= 15 is 0 Å². The molecule has 10 nitrogen and oxygen atoms in total. The van der Waals surface area contributed by atoms with Crippen molar-refractivity contribution in [2.24, 2.45) is 17.6 Å². The molecule has 4 atom stereocenters. The lowest BCUT2D eigenvalue weighted by atomic mass is 9.96. The number of hydrogen-bond donors (Lipinski definition) is 4. The maximum absolute atomic E-state index is 13.6. The number of carbonyl (C=O) groups excluding carboxylic acids is 3. The summed E-state index contributed by atoms with van der Waals surface area (Å²) < 4.78 is 17.5. The quantitative estimate of drug-likeness (QED) is 0.0319. The normalized spacial score (nSPS) is 14.1. The van der Waals surface area contributed by atoms with Gasteiger partial charge in [-0.15, -0.1) is 13.2 Å². The molecule has 6 aromatic rings. The van der Waals surface area contributed by atoms with Crippen molar-refractivity contribution < 1.29 is 28.6 Å². The number of aromatic amines is 2. The van der Waals surface area contributed by atoms with E-state index in [9.17, 15) is 14.4 Å². The van der Waals surface area contributed by atoms with Crippen LogP contribution in [0, 0.1) is 11.8 Å². The van der Waals surface area contributed by atoms with Crippen LogP contribution in [0.4, 0.5) is 4.79 Å². The highest BCUT2D eigenvalue weighted by Crippen LogP contribution is 2.44. The fourth-order valence-corrected chi connectivity index (χ4v) is 8.85. The van der Waals surface area contributed by atoms with Gasteiger partial charge in [-0.2, -0.15) is 0 Å². The molecule has 0 fully saturated rings. The summed E-state index contributed by atoms with van der Waals surface area (Å²) >= 11 is 0. The Hall–Kier alpha value is -6.39. The second-order valence-corrected chi connectivity index (χ2v) is 19.3. The smallest absolute Gasteiger partial charge is 0.407 e. The van der Waals surface area contributed by atoms with Crippen molar-refractivity contribution in [1.29, 1.82) is 0 Å². The summed E-state index contributed by atoms with van der Waals surface area (Å²) in [7, 11) is 0. The Morgan fingerprint density at radius 2 is 1.12 bits per heavy atom. The highest BCUT2D eigenvalue weighted by molar-refractivity contribution is 5.87. The lowest BCUT2D eigenvalue weighted by Gasteiger charge is -2.28. The van der Waals surface area contributed by atoms with Gasteiger partial charge >= 0.3 is 18.0 Å². The summed E-state index contributed by atoms with van der Waals surface area (Å²) in [4.78, 5) is 45.7. The number of aromatic nitrogens is 2. The fourth-order valence-electron chi connectivity index (χ4n) is 8.85. The van der Waals surface area contributed by atoms with Crippen molar-refractivity contribution in [1.82, 2.24) is 15.3 Å². The van der Waals surface area contributed by atoms with Crippen LogP contribution in [0.3, 0.4) is 0 Å². The van der Waals surface area contributed by atoms with Gasteiger partial charge in [-0.3, -0.25) is 4.79 Å². The van der Waals surface area contributed by atoms with Crippen LogP contribution < -0.4 is 11.1 Å². The van der Waals surface area contributed by atoms with Crippen molar-refractivity contribution in [3.63, 3.8) is 0 Å². The summed E-state index contributed by atoms with van der Waals surface area (Å²) in [5.41, 5.74) is 13.5. The van der Waals surface area contributed by atoms with E-state index in [0.717, 1.165) is 87.3 Å². The first-order valence-electron chi connectivity index (χ1n) is 23.8. The summed E-state index contributed by atoms with van der Waals surface area (Å²) in [6.45, 7) is 19.8. The van der Waals surface area contributed by atoms with Gasteiger partial charge in [0.05, 0.1) is 0 Å². The SMILES string of the molecule is C=CC(C)CCCC(C)(C)OC(=O)[C@@H](N)Cc1c[nH]c2ccccc12.C=CC(C)CCCC(C)(C)OC(=O)[C@H](Cc1c[nH]c2ccccc12)NC(=O)OCC1c2ccccc2-c2ccccc21. The van der Waals surface area contributed by atoms with Gasteiger partial charge in [-0.05, 0) is 124 Å². The Morgan fingerprint density at radius 3 is 1.63 bits per heavy atom. The maximum Gasteiger partial charge on any atom is 0.407 e. The van der Waals surface area contributed by atoms with E-state index < -0.39 is 35.3 Å². The van der Waals surface area contributed by atoms with Crippen molar-refractivity contribution >= 4 is 39.8 Å². The van der Waals surface area contributed by atoms with Crippen LogP contribution in [-0.4, -0.2) is 57.9 Å². The number of esters is 2. The van der Waals surface area contributed by atoms with E-state index in [1.807, 2.05) is 125 Å². The van der Waals surface area contributed by atoms with Gasteiger partial charge in [0, 0.05) is 53.0 Å². The minimum atomic E-state index is -0.911. The predicted molar refractivity (Wildman–Crippen MR) is 271 cm³/mol. The van der Waals surface area contributed by atoms with Crippen LogP contribution in [0.1, 0.15) is 108 Å². The molecule has 2 aromatic heterocycles. The zero-order valence-corrected chi connectivity index (χ0v) is 40.2. The number of para-hydroxylation sites is 2. The maximum atomic E-state index is 13.6. The predicted octanol–water partition coefficient (Wildman–Crippen LogP) is 12.3. The van der Waals surface area contributed by atoms with Gasteiger partial charge in [0.25, 0.3) is 0 Å². The topological polar surface area (TPSA) is 149 Å². The minimum Gasteiger partial charge on any atom is -0.459 e. The number of allylic oxidation sites excluding steroid dienone is 2. The standard InChI is InChI=1S/C36H40N2O4.C21H30N2O2/c1-5-24(2)13-12-20-36(3,4)42-34(39)33(21-25-22-37-32-19-11-10-14-26(25)32)38-35(40)41-23-31-29-17-8-6-15-27(29)28-16-7-9-18-30(28)31;1-5-15(2)9-8-12-21(3,4)25-20(24)18(22)13-16-14-23-19-11-7-6-10-17(16)19/h5-11,14-19,22,24,31,33,37H,1,12-13,20-21,23H2,2-4H3,(H,38,40);5-7,10-11,14-15,18,23H,1,8-9,12-13,22H2,2-4H3/t24?,33-;15?,18-/m00/s1. The highest BCUT2D eigenvalue weighted by atomic mass is 16.6. The summed E-state index contributed by atoms with van der Waals surface area (Å²) in [5.74, 6) is -0.00125. The van der Waals surface area contributed by atoms with Crippen molar-refractivity contribution in [2.75, 3.05) is 6.61 Å². The molecule has 1 aliphatic carbocycles. The lowest BCUT2D eigenvalue weighted by molar-refractivity contribution is -0.160. The van der Waals surface area contributed by atoms with Gasteiger partial charge < -0.3 is 35.2 Å². The molecule has 0 spiro atoms. The van der Waals surface area contributed by atoms with Crippen LogP contribution in [0.2, 0.25) is 0 Å². The average Bonchev–Trinajstić information content (AvgIpc) is 4.01. The molecule has 1 aliphatic rings. The number of nitrogens with two attached hydrogens (primary N) is 1. The number of benzene rings is 4. The molecule has 2 unspecified atom stereocenters. The molecule has 0 bridgehead atoms. The second-order valence-electron chi connectivity index (χ2n) is 19.3. The number of H-pyrrole nitrogens is 2. The van der Waals surface area contributed by atoms with E-state index in [4.69, 9.17) is 19.9 Å². The average molecular weight is 907 g/mol. The molecule has 0 saturated heterocycles. The molecule has 5 N–H and O–H groups in total. The van der Waals surface area contributed by atoms with E-state index in [2.05, 4.69) is 66.6 Å². The monoisotopic (exact) mass is 907 g/mol. The molecule has 0 radical (unpaired) electrons. The third-order valence-electron chi connectivity index (χ3n) is 12.9.